The summed E-state index contributed by atoms with van der Waals surface area (Å²) in [5, 5.41) is 11.0. The summed E-state index contributed by atoms with van der Waals surface area (Å²) in [5.74, 6) is 1.12. The molecule has 176 valence electrons. The van der Waals surface area contributed by atoms with E-state index in [4.69, 9.17) is 0 Å². The van der Waals surface area contributed by atoms with Crippen LogP contribution in [-0.2, 0) is 10.8 Å². The summed E-state index contributed by atoms with van der Waals surface area (Å²) >= 11 is 3.27. The number of aryl methyl sites for hydroxylation is 1. The van der Waals surface area contributed by atoms with Gasteiger partial charge in [0.25, 0.3) is 0 Å². The standard InChI is InChI=1S/C28H35BrN2O2/c1-18-8-10-19(11-9-18)14-20-12-13-31(26(20)30-29)17-24(32)21-15-22(27(2,3)4)25(33)23(16-21)28(5,6)7/h8-11,14-16,33H,12-13,17H2,1-7H3/b20-14+,30-26-. The lowest BCUT2D eigenvalue weighted by atomic mass is 9.78. The molecule has 3 rings (SSSR count). The Morgan fingerprint density at radius 1 is 1.06 bits per heavy atom. The van der Waals surface area contributed by atoms with E-state index in [0.29, 0.717) is 11.3 Å². The van der Waals surface area contributed by atoms with Crippen LogP contribution in [-0.4, -0.2) is 34.7 Å². The minimum Gasteiger partial charge on any atom is -0.507 e. The molecule has 1 aliphatic heterocycles. The molecule has 0 atom stereocenters. The fraction of sp³-hybridized carbons (Fsp3) is 0.429. The van der Waals surface area contributed by atoms with Gasteiger partial charge in [0.2, 0.25) is 0 Å². The summed E-state index contributed by atoms with van der Waals surface area (Å²) in [6.07, 6.45) is 2.97. The van der Waals surface area contributed by atoms with E-state index in [1.54, 1.807) is 0 Å². The molecule has 1 aliphatic rings. The maximum Gasteiger partial charge on any atom is 0.182 e. The predicted molar refractivity (Wildman–Crippen MR) is 142 cm³/mol. The van der Waals surface area contributed by atoms with Crippen molar-refractivity contribution in [1.29, 1.82) is 0 Å². The highest BCUT2D eigenvalue weighted by atomic mass is 79.9. The van der Waals surface area contributed by atoms with Crippen molar-refractivity contribution in [3.05, 3.63) is 69.8 Å². The van der Waals surface area contributed by atoms with E-state index in [1.165, 1.54) is 5.56 Å². The summed E-state index contributed by atoms with van der Waals surface area (Å²) in [5.41, 5.74) is 5.14. The third kappa shape index (κ3) is 5.75. The molecular weight excluding hydrogens is 476 g/mol. The van der Waals surface area contributed by atoms with Gasteiger partial charge < -0.3 is 10.0 Å². The van der Waals surface area contributed by atoms with E-state index in [-0.39, 0.29) is 23.2 Å². The zero-order valence-corrected chi connectivity index (χ0v) is 22.4. The molecule has 1 N–H and O–H groups in total. The van der Waals surface area contributed by atoms with E-state index < -0.39 is 0 Å². The zero-order chi connectivity index (χ0) is 24.6. The number of amidine groups is 1. The molecule has 0 radical (unpaired) electrons. The molecule has 0 unspecified atom stereocenters. The Bertz CT molecular complexity index is 1070. The lowest BCUT2D eigenvalue weighted by molar-refractivity contribution is 0.0966. The third-order valence-corrected chi connectivity index (χ3v) is 6.45. The molecule has 0 aliphatic carbocycles. The molecule has 1 saturated heterocycles. The molecule has 0 bridgehead atoms. The van der Waals surface area contributed by atoms with Crippen molar-refractivity contribution >= 4 is 33.8 Å². The van der Waals surface area contributed by atoms with Gasteiger partial charge >= 0.3 is 0 Å². The fourth-order valence-corrected chi connectivity index (χ4v) is 4.59. The number of phenols is 1. The van der Waals surface area contributed by atoms with Crippen LogP contribution in [0.5, 0.6) is 5.75 Å². The van der Waals surface area contributed by atoms with Gasteiger partial charge in [0.15, 0.2) is 5.78 Å². The first-order chi connectivity index (χ1) is 15.3. The van der Waals surface area contributed by atoms with Gasteiger partial charge in [0.05, 0.1) is 22.7 Å². The van der Waals surface area contributed by atoms with E-state index in [2.05, 4.69) is 99.0 Å². The molecule has 5 heteroatoms. The van der Waals surface area contributed by atoms with Gasteiger partial charge in [-0.15, -0.1) is 0 Å². The Morgan fingerprint density at radius 2 is 1.61 bits per heavy atom. The summed E-state index contributed by atoms with van der Waals surface area (Å²) in [6, 6.07) is 12.1. The first-order valence-electron chi connectivity index (χ1n) is 11.4. The molecule has 33 heavy (non-hydrogen) atoms. The van der Waals surface area contributed by atoms with Gasteiger partial charge in [-0.1, -0.05) is 71.4 Å². The van der Waals surface area contributed by atoms with Crippen LogP contribution in [0, 0.1) is 6.92 Å². The molecule has 4 nitrogen and oxygen atoms in total. The number of likely N-dealkylation sites (tertiary alicyclic amines) is 1. The highest BCUT2D eigenvalue weighted by Gasteiger charge is 2.30. The van der Waals surface area contributed by atoms with Crippen molar-refractivity contribution in [1.82, 2.24) is 4.90 Å². The number of carbonyl (C=O) groups is 1. The summed E-state index contributed by atoms with van der Waals surface area (Å²) in [7, 11) is 0. The average Bonchev–Trinajstić information content (AvgIpc) is 3.09. The maximum atomic E-state index is 13.4. The normalized spacial score (nSPS) is 17.3. The number of phenolic OH excluding ortho intramolecular Hbond substituents is 1. The number of ketones is 1. The lowest BCUT2D eigenvalue weighted by Gasteiger charge is -2.28. The van der Waals surface area contributed by atoms with E-state index >= 15 is 0 Å². The second kappa shape index (κ2) is 9.46. The Hall–Kier alpha value is -2.40. The van der Waals surface area contributed by atoms with Crippen molar-refractivity contribution in [3.63, 3.8) is 0 Å². The van der Waals surface area contributed by atoms with E-state index in [9.17, 15) is 9.90 Å². The van der Waals surface area contributed by atoms with Crippen LogP contribution >= 0.6 is 16.1 Å². The average molecular weight is 512 g/mol. The van der Waals surface area contributed by atoms with Crippen LogP contribution in [0.15, 0.2) is 46.0 Å². The number of benzene rings is 2. The van der Waals surface area contributed by atoms with Crippen LogP contribution < -0.4 is 0 Å². The van der Waals surface area contributed by atoms with Crippen LogP contribution in [0.3, 0.4) is 0 Å². The Kier molecular flexibility index (Phi) is 7.23. The van der Waals surface area contributed by atoms with Crippen molar-refractivity contribution in [2.45, 2.75) is 65.7 Å². The first kappa shape index (κ1) is 25.2. The monoisotopic (exact) mass is 510 g/mol. The van der Waals surface area contributed by atoms with Gasteiger partial charge in [0, 0.05) is 23.2 Å². The van der Waals surface area contributed by atoms with Gasteiger partial charge in [-0.25, -0.2) is 0 Å². The van der Waals surface area contributed by atoms with E-state index in [0.717, 1.165) is 41.1 Å². The quantitative estimate of drug-likeness (QED) is 0.451. The van der Waals surface area contributed by atoms with Crippen molar-refractivity contribution in [2.24, 2.45) is 4.02 Å². The smallest absolute Gasteiger partial charge is 0.182 e. The fourth-order valence-electron chi connectivity index (χ4n) is 4.14. The summed E-state index contributed by atoms with van der Waals surface area (Å²) in [4.78, 5) is 15.4. The Labute approximate surface area is 206 Å². The molecule has 2 aromatic rings. The van der Waals surface area contributed by atoms with Crippen molar-refractivity contribution in [2.75, 3.05) is 13.1 Å². The Morgan fingerprint density at radius 3 is 2.09 bits per heavy atom. The molecule has 1 heterocycles. The number of hydrogen-bond acceptors (Lipinski definition) is 3. The molecular formula is C28H35BrN2O2. The molecule has 0 aromatic heterocycles. The van der Waals surface area contributed by atoms with Gasteiger partial charge in [0.1, 0.15) is 11.6 Å². The van der Waals surface area contributed by atoms with Crippen LogP contribution in [0.4, 0.5) is 0 Å². The molecule has 0 amide bonds. The second-order valence-electron chi connectivity index (χ2n) is 11.0. The number of rotatable bonds is 4. The van der Waals surface area contributed by atoms with Crippen LogP contribution in [0.2, 0.25) is 0 Å². The minimum absolute atomic E-state index is 0.0243. The minimum atomic E-state index is -0.277. The number of aromatic hydroxyl groups is 1. The topological polar surface area (TPSA) is 52.9 Å². The third-order valence-electron chi connectivity index (χ3n) is 6.12. The first-order valence-corrected chi connectivity index (χ1v) is 12.1. The summed E-state index contributed by atoms with van der Waals surface area (Å²) < 4.78 is 4.33. The highest BCUT2D eigenvalue weighted by molar-refractivity contribution is 9.08. The number of Topliss-reactive ketones (excluding diaryl/α,β-unsaturated/α-hetero) is 1. The van der Waals surface area contributed by atoms with Crippen LogP contribution in [0.25, 0.3) is 6.08 Å². The van der Waals surface area contributed by atoms with Gasteiger partial charge in [-0.05, 0) is 53.5 Å². The molecule has 1 fully saturated rings. The van der Waals surface area contributed by atoms with Crippen LogP contribution in [0.1, 0.15) is 80.6 Å². The number of nitrogens with zero attached hydrogens (tertiary/aromatic N) is 2. The van der Waals surface area contributed by atoms with Gasteiger partial charge in [-0.3, -0.25) is 4.79 Å². The molecule has 2 aromatic carbocycles. The summed E-state index contributed by atoms with van der Waals surface area (Å²) in [6.45, 7) is 15.4. The molecule has 0 saturated carbocycles. The number of hydrogen-bond donors (Lipinski definition) is 1. The van der Waals surface area contributed by atoms with Crippen molar-refractivity contribution < 1.29 is 9.90 Å². The number of halogens is 1. The SMILES string of the molecule is Cc1ccc(/C=C2\CCN(CC(=O)c3cc(C(C)(C)C)c(O)c(C(C)(C)C)c3)\C2=N/Br)cc1. The predicted octanol–water partition coefficient (Wildman–Crippen LogP) is 6.98. The second-order valence-corrected chi connectivity index (χ2v) is 11.4. The zero-order valence-electron chi connectivity index (χ0n) is 20.8. The molecule has 0 spiro atoms. The van der Waals surface area contributed by atoms with Crippen molar-refractivity contribution in [3.8, 4) is 5.75 Å². The maximum absolute atomic E-state index is 13.4. The lowest BCUT2D eigenvalue weighted by Crippen LogP contribution is -2.31. The highest BCUT2D eigenvalue weighted by Crippen LogP contribution is 2.40. The van der Waals surface area contributed by atoms with E-state index in [1.807, 2.05) is 17.0 Å². The van der Waals surface area contributed by atoms with Gasteiger partial charge in [-0.2, -0.15) is 4.02 Å². The Balaban J connectivity index is 1.90. The number of carbonyl (C=O) groups excluding carboxylic acids is 1. The largest absolute Gasteiger partial charge is 0.507 e.